The average Bonchev–Trinajstić information content (AvgIpc) is 2.19. The number of rotatable bonds is 9. The van der Waals surface area contributed by atoms with Crippen molar-refractivity contribution in [1.29, 1.82) is 0 Å². The van der Waals surface area contributed by atoms with Gasteiger partial charge in [0.25, 0.3) is 0 Å². The van der Waals surface area contributed by atoms with E-state index in [4.69, 9.17) is 0 Å². The highest BCUT2D eigenvalue weighted by molar-refractivity contribution is 4.85. The van der Waals surface area contributed by atoms with Crippen LogP contribution >= 0.6 is 0 Å². The number of hydrogen-bond acceptors (Lipinski definition) is 1. The monoisotopic (exact) mass is 214 g/mol. The molecule has 1 atom stereocenters. The van der Waals surface area contributed by atoms with E-state index in [0.29, 0.717) is 5.92 Å². The molecule has 0 bridgehead atoms. The first-order valence-corrected chi connectivity index (χ1v) is 6.86. The molecule has 1 heteroatoms. The summed E-state index contributed by atoms with van der Waals surface area (Å²) in [5.41, 5.74) is -0.382. The van der Waals surface area contributed by atoms with E-state index in [-0.39, 0.29) is 5.60 Å². The van der Waals surface area contributed by atoms with Gasteiger partial charge in [-0.05, 0) is 25.2 Å². The summed E-state index contributed by atoms with van der Waals surface area (Å²) in [6, 6.07) is 0. The van der Waals surface area contributed by atoms with Crippen LogP contribution in [0.15, 0.2) is 0 Å². The fraction of sp³-hybridized carbons (Fsp3) is 1.00. The molecular weight excluding hydrogens is 184 g/mol. The smallest absolute Gasteiger partial charge is 0.0675 e. The van der Waals surface area contributed by atoms with E-state index >= 15 is 0 Å². The molecule has 0 radical (unpaired) electrons. The summed E-state index contributed by atoms with van der Waals surface area (Å²) in [5.74, 6) is 0.511. The van der Waals surface area contributed by atoms with Crippen LogP contribution in [0.1, 0.15) is 79.1 Å². The summed E-state index contributed by atoms with van der Waals surface area (Å²) in [7, 11) is 0. The van der Waals surface area contributed by atoms with Crippen LogP contribution in [0.3, 0.4) is 0 Å². The first-order valence-electron chi connectivity index (χ1n) is 6.86. The summed E-state index contributed by atoms with van der Waals surface area (Å²) in [5, 5.41) is 10.7. The minimum atomic E-state index is -0.382. The normalized spacial score (nSPS) is 14.2. The fourth-order valence-electron chi connectivity index (χ4n) is 2.70. The quantitative estimate of drug-likeness (QED) is 0.597. The predicted molar refractivity (Wildman–Crippen MR) is 68.1 cm³/mol. The van der Waals surface area contributed by atoms with Crippen LogP contribution in [0, 0.1) is 5.92 Å². The summed E-state index contributed by atoms with van der Waals surface area (Å²) in [4.78, 5) is 0. The van der Waals surface area contributed by atoms with Crippen LogP contribution in [-0.4, -0.2) is 10.7 Å². The lowest BCUT2D eigenvalue weighted by molar-refractivity contribution is -0.0403. The maximum Gasteiger partial charge on any atom is 0.0675 e. The Balaban J connectivity index is 4.37. The van der Waals surface area contributed by atoms with Gasteiger partial charge in [0, 0.05) is 0 Å². The molecule has 0 aromatic heterocycles. The standard InChI is InChI=1S/C14H30O/c1-5-9-10-13(8-4)14(15,11-6-2)12-7-3/h13,15H,5-12H2,1-4H3/t13-/m1/s1. The van der Waals surface area contributed by atoms with Gasteiger partial charge >= 0.3 is 0 Å². The Morgan fingerprint density at radius 3 is 1.80 bits per heavy atom. The predicted octanol–water partition coefficient (Wildman–Crippen LogP) is 4.53. The molecule has 0 rings (SSSR count). The maximum atomic E-state index is 10.7. The van der Waals surface area contributed by atoms with Gasteiger partial charge in [-0.1, -0.05) is 59.8 Å². The Morgan fingerprint density at radius 1 is 0.933 bits per heavy atom. The van der Waals surface area contributed by atoms with Gasteiger partial charge in [-0.25, -0.2) is 0 Å². The number of unbranched alkanes of at least 4 members (excludes halogenated alkanes) is 1. The third-order valence-electron chi connectivity index (χ3n) is 3.52. The van der Waals surface area contributed by atoms with E-state index in [1.165, 1.54) is 19.3 Å². The van der Waals surface area contributed by atoms with Gasteiger partial charge in [-0.2, -0.15) is 0 Å². The first kappa shape index (κ1) is 15.0. The van der Waals surface area contributed by atoms with Gasteiger partial charge in [-0.15, -0.1) is 0 Å². The highest BCUT2D eigenvalue weighted by Crippen LogP contribution is 2.34. The minimum Gasteiger partial charge on any atom is -0.390 e. The summed E-state index contributed by atoms with van der Waals surface area (Å²) >= 11 is 0. The lowest BCUT2D eigenvalue weighted by Gasteiger charge is -2.36. The average molecular weight is 214 g/mol. The van der Waals surface area contributed by atoms with Crippen molar-refractivity contribution in [1.82, 2.24) is 0 Å². The van der Waals surface area contributed by atoms with E-state index in [0.717, 1.165) is 32.1 Å². The van der Waals surface area contributed by atoms with Gasteiger partial charge < -0.3 is 5.11 Å². The van der Waals surface area contributed by atoms with E-state index in [2.05, 4.69) is 27.7 Å². The van der Waals surface area contributed by atoms with Crippen LogP contribution in [0.5, 0.6) is 0 Å². The molecule has 0 aliphatic carbocycles. The summed E-state index contributed by atoms with van der Waals surface area (Å²) in [6.45, 7) is 8.79. The molecule has 0 aromatic carbocycles. The molecule has 0 spiro atoms. The van der Waals surface area contributed by atoms with Gasteiger partial charge in [0.1, 0.15) is 0 Å². The second-order valence-corrected chi connectivity index (χ2v) is 4.85. The van der Waals surface area contributed by atoms with Crippen molar-refractivity contribution in [3.05, 3.63) is 0 Å². The molecule has 0 heterocycles. The molecule has 0 saturated carbocycles. The molecule has 0 aliphatic heterocycles. The molecule has 0 aromatic rings. The lowest BCUT2D eigenvalue weighted by Crippen LogP contribution is -2.37. The summed E-state index contributed by atoms with van der Waals surface area (Å²) < 4.78 is 0. The molecule has 0 unspecified atom stereocenters. The Bertz CT molecular complexity index is 136. The van der Waals surface area contributed by atoms with E-state index in [9.17, 15) is 5.11 Å². The van der Waals surface area contributed by atoms with Crippen LogP contribution < -0.4 is 0 Å². The Kier molecular flexibility index (Phi) is 8.13. The van der Waals surface area contributed by atoms with Crippen molar-refractivity contribution in [2.75, 3.05) is 0 Å². The zero-order valence-corrected chi connectivity index (χ0v) is 11.2. The van der Waals surface area contributed by atoms with E-state index in [1.807, 2.05) is 0 Å². The van der Waals surface area contributed by atoms with Crippen molar-refractivity contribution < 1.29 is 5.11 Å². The van der Waals surface area contributed by atoms with Crippen molar-refractivity contribution in [2.24, 2.45) is 5.92 Å². The first-order chi connectivity index (χ1) is 7.14. The van der Waals surface area contributed by atoms with Crippen LogP contribution in [0.2, 0.25) is 0 Å². The molecule has 1 N–H and O–H groups in total. The van der Waals surface area contributed by atoms with Gasteiger partial charge in [-0.3, -0.25) is 0 Å². The zero-order chi connectivity index (χ0) is 11.7. The van der Waals surface area contributed by atoms with Gasteiger partial charge in [0.15, 0.2) is 0 Å². The second-order valence-electron chi connectivity index (χ2n) is 4.85. The zero-order valence-electron chi connectivity index (χ0n) is 11.2. The van der Waals surface area contributed by atoms with Crippen molar-refractivity contribution in [3.63, 3.8) is 0 Å². The number of aliphatic hydroxyl groups is 1. The van der Waals surface area contributed by atoms with Crippen molar-refractivity contribution in [2.45, 2.75) is 84.7 Å². The maximum absolute atomic E-state index is 10.7. The molecule has 15 heavy (non-hydrogen) atoms. The highest BCUT2D eigenvalue weighted by Gasteiger charge is 2.32. The molecule has 0 saturated heterocycles. The number of hydrogen-bond donors (Lipinski definition) is 1. The van der Waals surface area contributed by atoms with E-state index in [1.54, 1.807) is 0 Å². The largest absolute Gasteiger partial charge is 0.390 e. The Morgan fingerprint density at radius 2 is 1.47 bits per heavy atom. The molecule has 92 valence electrons. The van der Waals surface area contributed by atoms with Gasteiger partial charge in [0.05, 0.1) is 5.60 Å². The molecule has 1 nitrogen and oxygen atoms in total. The Labute approximate surface area is 96.3 Å². The van der Waals surface area contributed by atoms with Crippen molar-refractivity contribution in [3.8, 4) is 0 Å². The highest BCUT2D eigenvalue weighted by atomic mass is 16.3. The van der Waals surface area contributed by atoms with E-state index < -0.39 is 0 Å². The second kappa shape index (κ2) is 8.15. The lowest BCUT2D eigenvalue weighted by atomic mass is 9.76. The van der Waals surface area contributed by atoms with Gasteiger partial charge in [0.2, 0.25) is 0 Å². The molecular formula is C14H30O. The van der Waals surface area contributed by atoms with Crippen LogP contribution in [0.4, 0.5) is 0 Å². The molecule has 0 amide bonds. The molecule has 0 fully saturated rings. The minimum absolute atomic E-state index is 0.382. The summed E-state index contributed by atoms with van der Waals surface area (Å²) in [6.07, 6.45) is 8.96. The SMILES string of the molecule is CCCC[C@@H](CC)C(O)(CCC)CCC. The fourth-order valence-corrected chi connectivity index (χ4v) is 2.70. The topological polar surface area (TPSA) is 20.2 Å². The third-order valence-corrected chi connectivity index (χ3v) is 3.52. The Hall–Kier alpha value is -0.0400. The van der Waals surface area contributed by atoms with Crippen LogP contribution in [0.25, 0.3) is 0 Å². The van der Waals surface area contributed by atoms with Crippen LogP contribution in [-0.2, 0) is 0 Å². The third kappa shape index (κ3) is 5.01. The molecule has 0 aliphatic rings. The van der Waals surface area contributed by atoms with Crippen molar-refractivity contribution >= 4 is 0 Å².